The standard InChI is InChI=1S/C44H48FN9O5S2/c1-3-25-61(58,59)52-35-6-4-5-34(39(35)45)40-41(60-27(2)48-40)36-15-20-46-44(50-36)49-32-10-7-28(8-11-32)29-16-23-54(24-17-29)43(57)30-18-21-53(22-19-30)37-13-9-31(26-47-37)33-12-14-38(55)51-42(33)56/h4-11,13,15,20,26,29-30,33,52H,3,12,14,16-19,21-25H2,1-2H3,(H,46,49,50)(H,51,55,56)/t33-/m0/s1. The van der Waals surface area contributed by atoms with Gasteiger partial charge in [-0.2, -0.15) is 0 Å². The molecule has 3 aliphatic rings. The zero-order valence-corrected chi connectivity index (χ0v) is 35.7. The van der Waals surface area contributed by atoms with Crippen molar-refractivity contribution in [1.29, 1.82) is 0 Å². The van der Waals surface area contributed by atoms with Crippen LogP contribution in [-0.2, 0) is 24.4 Å². The zero-order valence-electron chi connectivity index (χ0n) is 34.1. The predicted molar refractivity (Wildman–Crippen MR) is 234 cm³/mol. The quantitative estimate of drug-likeness (QED) is 0.109. The molecule has 5 aromatic rings. The van der Waals surface area contributed by atoms with Gasteiger partial charge in [0.05, 0.1) is 38.6 Å². The minimum Gasteiger partial charge on any atom is -0.357 e. The maximum Gasteiger partial charge on any atom is 0.234 e. The molecule has 0 bridgehead atoms. The van der Waals surface area contributed by atoms with Crippen molar-refractivity contribution in [3.8, 4) is 21.8 Å². The lowest BCUT2D eigenvalue weighted by molar-refractivity contribution is -0.137. The van der Waals surface area contributed by atoms with Crippen molar-refractivity contribution in [2.75, 3.05) is 46.9 Å². The van der Waals surface area contributed by atoms with Gasteiger partial charge < -0.3 is 15.1 Å². The smallest absolute Gasteiger partial charge is 0.234 e. The Kier molecular flexibility index (Phi) is 12.4. The summed E-state index contributed by atoms with van der Waals surface area (Å²) in [5.41, 5.74) is 3.78. The van der Waals surface area contributed by atoms with E-state index in [9.17, 15) is 22.8 Å². The van der Waals surface area contributed by atoms with Gasteiger partial charge in [0, 0.05) is 62.2 Å². The highest BCUT2D eigenvalue weighted by Crippen LogP contribution is 2.39. The maximum absolute atomic E-state index is 15.8. The Morgan fingerprint density at radius 3 is 2.38 bits per heavy atom. The number of hydrogen-bond donors (Lipinski definition) is 3. The molecule has 3 saturated heterocycles. The first-order valence-electron chi connectivity index (χ1n) is 20.7. The van der Waals surface area contributed by atoms with Gasteiger partial charge in [-0.15, -0.1) is 11.3 Å². The number of sulfonamides is 1. The Bertz CT molecular complexity index is 2520. The van der Waals surface area contributed by atoms with Crippen LogP contribution < -0.4 is 20.3 Å². The van der Waals surface area contributed by atoms with Gasteiger partial charge in [-0.25, -0.2) is 32.7 Å². The highest BCUT2D eigenvalue weighted by Gasteiger charge is 2.33. The molecule has 318 valence electrons. The summed E-state index contributed by atoms with van der Waals surface area (Å²) in [4.78, 5) is 60.7. The van der Waals surface area contributed by atoms with Gasteiger partial charge in [0.1, 0.15) is 5.82 Å². The van der Waals surface area contributed by atoms with Crippen molar-refractivity contribution < 1.29 is 27.2 Å². The highest BCUT2D eigenvalue weighted by molar-refractivity contribution is 7.92. The van der Waals surface area contributed by atoms with Crippen LogP contribution in [0.15, 0.2) is 73.1 Å². The Balaban J connectivity index is 0.838. The summed E-state index contributed by atoms with van der Waals surface area (Å²) in [5.74, 6) is 0.0666. The Morgan fingerprint density at radius 1 is 0.918 bits per heavy atom. The Labute approximate surface area is 358 Å². The molecule has 0 aliphatic carbocycles. The molecule has 3 amide bonds. The Morgan fingerprint density at radius 2 is 1.67 bits per heavy atom. The first kappa shape index (κ1) is 41.9. The highest BCUT2D eigenvalue weighted by atomic mass is 32.2. The predicted octanol–water partition coefficient (Wildman–Crippen LogP) is 7.15. The second kappa shape index (κ2) is 18.0. The number of benzene rings is 2. The van der Waals surface area contributed by atoms with Crippen LogP contribution in [0.3, 0.4) is 0 Å². The maximum atomic E-state index is 15.8. The van der Waals surface area contributed by atoms with E-state index in [4.69, 9.17) is 4.98 Å². The molecule has 3 fully saturated rings. The molecule has 0 radical (unpaired) electrons. The zero-order chi connectivity index (χ0) is 42.7. The third-order valence-electron chi connectivity index (χ3n) is 11.6. The van der Waals surface area contributed by atoms with E-state index in [1.54, 1.807) is 37.5 Å². The second-order valence-corrected chi connectivity index (χ2v) is 18.9. The average molecular weight is 866 g/mol. The summed E-state index contributed by atoms with van der Waals surface area (Å²) in [6, 6.07) is 18.4. The van der Waals surface area contributed by atoms with Crippen LogP contribution in [0.2, 0.25) is 0 Å². The van der Waals surface area contributed by atoms with Crippen molar-refractivity contribution in [3.05, 3.63) is 95.0 Å². The number of carbonyl (C=O) groups is 3. The number of rotatable bonds is 12. The average Bonchev–Trinajstić information content (AvgIpc) is 3.66. The fraction of sp³-hybridized carbons (Fsp3) is 0.386. The minimum atomic E-state index is -3.70. The number of imide groups is 1. The molecule has 17 heteroatoms. The number of nitrogens with zero attached hydrogens (tertiary/aromatic N) is 6. The van der Waals surface area contributed by atoms with E-state index < -0.39 is 15.8 Å². The molecule has 3 N–H and O–H groups in total. The molecule has 0 unspecified atom stereocenters. The van der Waals surface area contributed by atoms with Crippen molar-refractivity contribution in [3.63, 3.8) is 0 Å². The summed E-state index contributed by atoms with van der Waals surface area (Å²) >= 11 is 1.36. The molecule has 14 nitrogen and oxygen atoms in total. The summed E-state index contributed by atoms with van der Waals surface area (Å²) in [6.07, 6.45) is 7.88. The van der Waals surface area contributed by atoms with Gasteiger partial charge in [-0.1, -0.05) is 31.2 Å². The number of piperidine rings is 3. The SMILES string of the molecule is CCCS(=O)(=O)Nc1cccc(-c2nc(C)sc2-c2ccnc(Nc3ccc(C4CCN(C(=O)C5CCN(c6ccc([C@@H]7CCC(=O)NC7=O)cn6)CC5)CC4)cc3)n2)c1F. The normalized spacial score (nSPS) is 17.9. The van der Waals surface area contributed by atoms with Crippen molar-refractivity contribution >= 4 is 62.2 Å². The van der Waals surface area contributed by atoms with Gasteiger partial charge >= 0.3 is 0 Å². The topological polar surface area (TPSA) is 179 Å². The molecule has 1 atom stereocenters. The number of nitrogens with one attached hydrogen (secondary N) is 3. The van der Waals surface area contributed by atoms with Gasteiger partial charge in [0.2, 0.25) is 33.7 Å². The largest absolute Gasteiger partial charge is 0.357 e. The molecule has 0 saturated carbocycles. The number of aromatic nitrogens is 4. The Hall–Kier alpha value is -5.81. The fourth-order valence-corrected chi connectivity index (χ4v) is 10.5. The van der Waals surface area contributed by atoms with E-state index in [0.717, 1.165) is 68.9 Å². The number of amides is 3. The van der Waals surface area contributed by atoms with Crippen LogP contribution in [0.25, 0.3) is 21.8 Å². The van der Waals surface area contributed by atoms with Crippen LogP contribution in [0.1, 0.15) is 79.8 Å². The van der Waals surface area contributed by atoms with Crippen LogP contribution >= 0.6 is 11.3 Å². The summed E-state index contributed by atoms with van der Waals surface area (Å²) < 4.78 is 43.0. The number of hydrogen-bond acceptors (Lipinski definition) is 12. The van der Waals surface area contributed by atoms with Crippen molar-refractivity contribution in [2.45, 2.75) is 70.6 Å². The van der Waals surface area contributed by atoms with Crippen LogP contribution in [0.4, 0.5) is 27.5 Å². The molecule has 3 aliphatic heterocycles. The number of thiazole rings is 1. The van der Waals surface area contributed by atoms with Crippen LogP contribution in [0, 0.1) is 18.7 Å². The molecule has 61 heavy (non-hydrogen) atoms. The van der Waals surface area contributed by atoms with E-state index in [-0.39, 0.29) is 46.6 Å². The first-order valence-corrected chi connectivity index (χ1v) is 23.2. The minimum absolute atomic E-state index is 0.0144. The van der Waals surface area contributed by atoms with Crippen molar-refractivity contribution in [1.82, 2.24) is 30.2 Å². The number of pyridine rings is 1. The van der Waals surface area contributed by atoms with E-state index in [0.29, 0.717) is 52.4 Å². The van der Waals surface area contributed by atoms with E-state index >= 15 is 4.39 Å². The van der Waals surface area contributed by atoms with Gasteiger partial charge in [-0.05, 0) is 98.9 Å². The third-order valence-corrected chi connectivity index (χ3v) is 14.1. The number of halogens is 1. The number of likely N-dealkylation sites (tertiary alicyclic amines) is 1. The van der Waals surface area contributed by atoms with E-state index in [1.165, 1.54) is 23.0 Å². The summed E-state index contributed by atoms with van der Waals surface area (Å²) in [7, 11) is -3.70. The lowest BCUT2D eigenvalue weighted by Crippen LogP contribution is -2.45. The van der Waals surface area contributed by atoms with Gasteiger partial charge in [0.25, 0.3) is 0 Å². The summed E-state index contributed by atoms with van der Waals surface area (Å²) in [5, 5.41) is 6.40. The molecule has 8 rings (SSSR count). The molecular weight excluding hydrogens is 818 g/mol. The molecule has 0 spiro atoms. The molecule has 6 heterocycles. The lowest BCUT2D eigenvalue weighted by atomic mass is 9.88. The van der Waals surface area contributed by atoms with Crippen molar-refractivity contribution in [2.24, 2.45) is 5.92 Å². The molecular formula is C44H48FN9O5S2. The summed E-state index contributed by atoms with van der Waals surface area (Å²) in [6.45, 7) is 6.48. The first-order chi connectivity index (χ1) is 29.4. The lowest BCUT2D eigenvalue weighted by Gasteiger charge is -2.37. The number of aryl methyl sites for hydroxylation is 1. The van der Waals surface area contributed by atoms with Gasteiger partial charge in [-0.3, -0.25) is 24.4 Å². The molecule has 3 aromatic heterocycles. The number of anilines is 4. The van der Waals surface area contributed by atoms with Gasteiger partial charge in [0.15, 0.2) is 5.82 Å². The number of carbonyl (C=O) groups excluding carboxylic acids is 3. The van der Waals surface area contributed by atoms with Crippen LogP contribution in [0.5, 0.6) is 0 Å². The second-order valence-electron chi connectivity index (χ2n) is 15.8. The monoisotopic (exact) mass is 865 g/mol. The fourth-order valence-electron chi connectivity index (χ4n) is 8.43. The van der Waals surface area contributed by atoms with Crippen LogP contribution in [-0.4, -0.2) is 82.9 Å². The third kappa shape index (κ3) is 9.57. The van der Waals surface area contributed by atoms with E-state index in [2.05, 4.69) is 47.3 Å². The van der Waals surface area contributed by atoms with E-state index in [1.807, 2.05) is 36.1 Å². The molecule has 2 aromatic carbocycles.